The fraction of sp³-hybridized carbons (Fsp3) is 0.222. The summed E-state index contributed by atoms with van der Waals surface area (Å²) < 4.78 is 15.3. The maximum absolute atomic E-state index is 12.2. The second kappa shape index (κ2) is 8.83. The van der Waals surface area contributed by atoms with Crippen LogP contribution in [0.15, 0.2) is 24.3 Å². The minimum absolute atomic E-state index is 0.0596. The van der Waals surface area contributed by atoms with Gasteiger partial charge >= 0.3 is 5.97 Å². The van der Waals surface area contributed by atoms with E-state index in [2.05, 4.69) is 5.32 Å². The summed E-state index contributed by atoms with van der Waals surface area (Å²) in [6.45, 7) is 1.27. The molecule has 0 bridgehead atoms. The summed E-state index contributed by atoms with van der Waals surface area (Å²) in [5.41, 5.74) is 7.16. The van der Waals surface area contributed by atoms with E-state index in [1.165, 1.54) is 26.4 Å². The van der Waals surface area contributed by atoms with Gasteiger partial charge in [-0.3, -0.25) is 4.79 Å². The molecule has 1 amide bonds. The Kier molecular flexibility index (Phi) is 6.76. The zero-order valence-electron chi connectivity index (χ0n) is 14.9. The molecule has 0 heterocycles. The van der Waals surface area contributed by atoms with Crippen LogP contribution in [0.25, 0.3) is 0 Å². The Balaban J connectivity index is 2.07. The van der Waals surface area contributed by atoms with E-state index in [9.17, 15) is 9.59 Å². The second-order valence-corrected chi connectivity index (χ2v) is 6.31. The minimum Gasteiger partial charge on any atom is -0.496 e. The number of ether oxygens (including phenoxy) is 3. The summed E-state index contributed by atoms with van der Waals surface area (Å²) in [5, 5.41) is 3.29. The number of hydrogen-bond donors (Lipinski definition) is 2. The smallest absolute Gasteiger partial charge is 0.342 e. The van der Waals surface area contributed by atoms with Gasteiger partial charge in [0.25, 0.3) is 5.91 Å². The molecule has 2 aromatic rings. The van der Waals surface area contributed by atoms with Crippen molar-refractivity contribution in [2.45, 2.75) is 6.92 Å². The van der Waals surface area contributed by atoms with Gasteiger partial charge in [-0.25, -0.2) is 4.79 Å². The minimum atomic E-state index is -0.775. The van der Waals surface area contributed by atoms with Gasteiger partial charge in [0, 0.05) is 17.2 Å². The second-order valence-electron chi connectivity index (χ2n) is 5.50. The van der Waals surface area contributed by atoms with Crippen LogP contribution in [0.2, 0.25) is 10.0 Å². The summed E-state index contributed by atoms with van der Waals surface area (Å²) in [7, 11) is 2.83. The Bertz CT molecular complexity index is 887. The van der Waals surface area contributed by atoms with Crippen LogP contribution in [0.5, 0.6) is 11.5 Å². The van der Waals surface area contributed by atoms with Crippen LogP contribution in [0, 0.1) is 6.92 Å². The van der Waals surface area contributed by atoms with Crippen LogP contribution >= 0.6 is 23.2 Å². The molecule has 7 nitrogen and oxygen atoms in total. The van der Waals surface area contributed by atoms with Gasteiger partial charge in [0.2, 0.25) is 0 Å². The Hall–Kier alpha value is -2.64. The Labute approximate surface area is 166 Å². The molecular weight excluding hydrogens is 395 g/mol. The first-order valence-electron chi connectivity index (χ1n) is 7.71. The number of hydrogen-bond acceptors (Lipinski definition) is 6. The Morgan fingerprint density at radius 1 is 1.04 bits per heavy atom. The first kappa shape index (κ1) is 20.7. The van der Waals surface area contributed by atoms with Crippen LogP contribution in [-0.4, -0.2) is 32.7 Å². The molecule has 9 heteroatoms. The monoisotopic (exact) mass is 412 g/mol. The van der Waals surface area contributed by atoms with E-state index in [4.69, 9.17) is 43.1 Å². The summed E-state index contributed by atoms with van der Waals surface area (Å²) in [5.74, 6) is -0.749. The van der Waals surface area contributed by atoms with Crippen LogP contribution in [0.3, 0.4) is 0 Å². The van der Waals surface area contributed by atoms with Crippen molar-refractivity contribution in [2.75, 3.05) is 31.9 Å². The quantitative estimate of drug-likeness (QED) is 0.554. The molecule has 0 aliphatic carbocycles. The van der Waals surface area contributed by atoms with Crippen molar-refractivity contribution in [3.05, 3.63) is 45.4 Å². The number of nitrogens with one attached hydrogen (secondary N) is 1. The number of esters is 1. The van der Waals surface area contributed by atoms with Gasteiger partial charge in [-0.15, -0.1) is 0 Å². The number of anilines is 2. The molecule has 27 heavy (non-hydrogen) atoms. The van der Waals surface area contributed by atoms with Gasteiger partial charge in [0.05, 0.1) is 30.6 Å². The number of aryl methyl sites for hydroxylation is 1. The molecule has 0 saturated carbocycles. The lowest BCUT2D eigenvalue weighted by Crippen LogP contribution is -2.21. The van der Waals surface area contributed by atoms with Crippen molar-refractivity contribution >= 4 is 46.5 Å². The lowest BCUT2D eigenvalue weighted by molar-refractivity contribution is -0.119. The number of nitrogen functional groups attached to an aromatic ring is 1. The highest BCUT2D eigenvalue weighted by atomic mass is 35.5. The third-order valence-corrected chi connectivity index (χ3v) is 4.36. The summed E-state index contributed by atoms with van der Waals surface area (Å²) >= 11 is 12.0. The maximum Gasteiger partial charge on any atom is 0.342 e. The molecule has 0 aliphatic heterocycles. The Morgan fingerprint density at radius 3 is 2.33 bits per heavy atom. The molecule has 144 valence electrons. The van der Waals surface area contributed by atoms with E-state index in [-0.39, 0.29) is 22.0 Å². The Morgan fingerprint density at radius 2 is 1.70 bits per heavy atom. The van der Waals surface area contributed by atoms with E-state index >= 15 is 0 Å². The first-order chi connectivity index (χ1) is 12.8. The third-order valence-electron chi connectivity index (χ3n) is 3.63. The van der Waals surface area contributed by atoms with Crippen LogP contribution in [-0.2, 0) is 9.53 Å². The predicted octanol–water partition coefficient (Wildman–Crippen LogP) is 3.70. The van der Waals surface area contributed by atoms with Crippen molar-refractivity contribution in [3.63, 3.8) is 0 Å². The topological polar surface area (TPSA) is 99.9 Å². The summed E-state index contributed by atoms with van der Waals surface area (Å²) in [6.07, 6.45) is 0. The predicted molar refractivity (Wildman–Crippen MR) is 104 cm³/mol. The molecule has 0 saturated heterocycles. The fourth-order valence-corrected chi connectivity index (χ4v) is 2.54. The van der Waals surface area contributed by atoms with Gasteiger partial charge in [0.15, 0.2) is 6.61 Å². The number of carbonyl (C=O) groups is 2. The molecule has 0 fully saturated rings. The van der Waals surface area contributed by atoms with Crippen molar-refractivity contribution in [2.24, 2.45) is 0 Å². The molecule has 3 N–H and O–H groups in total. The molecule has 0 atom stereocenters. The van der Waals surface area contributed by atoms with Gasteiger partial charge in [-0.2, -0.15) is 0 Å². The van der Waals surface area contributed by atoms with Gasteiger partial charge in [-0.05, 0) is 24.6 Å². The van der Waals surface area contributed by atoms with E-state index in [0.29, 0.717) is 16.5 Å². The van der Waals surface area contributed by atoms with Gasteiger partial charge in [0.1, 0.15) is 17.1 Å². The molecule has 0 unspecified atom stereocenters. The van der Waals surface area contributed by atoms with Crippen LogP contribution < -0.4 is 20.5 Å². The highest BCUT2D eigenvalue weighted by Gasteiger charge is 2.18. The highest BCUT2D eigenvalue weighted by molar-refractivity contribution is 6.33. The molecule has 0 aliphatic rings. The average molecular weight is 413 g/mol. The zero-order valence-corrected chi connectivity index (χ0v) is 16.4. The standard InChI is InChI=1S/C18H18Cl2N2O5/c1-9-4-14(16(26-3)6-11(9)19)22-17(23)8-27-18(24)10-5-12(20)13(21)7-15(10)25-2/h4-7H,8,21H2,1-3H3,(H,22,23). The van der Waals surface area contributed by atoms with Crippen LogP contribution in [0.4, 0.5) is 11.4 Å². The van der Waals surface area contributed by atoms with E-state index in [1.54, 1.807) is 19.1 Å². The number of halogens is 2. The van der Waals surface area contributed by atoms with Gasteiger partial charge < -0.3 is 25.3 Å². The first-order valence-corrected chi connectivity index (χ1v) is 8.46. The number of rotatable bonds is 6. The number of methoxy groups -OCH3 is 2. The summed E-state index contributed by atoms with van der Waals surface area (Å²) in [4.78, 5) is 24.4. The van der Waals surface area contributed by atoms with E-state index in [0.717, 1.165) is 5.56 Å². The zero-order chi connectivity index (χ0) is 20.1. The third kappa shape index (κ3) is 4.96. The number of benzene rings is 2. The van der Waals surface area contributed by atoms with Crippen molar-refractivity contribution in [1.82, 2.24) is 0 Å². The molecule has 0 aromatic heterocycles. The lowest BCUT2D eigenvalue weighted by Gasteiger charge is -2.13. The highest BCUT2D eigenvalue weighted by Crippen LogP contribution is 2.31. The van der Waals surface area contributed by atoms with Crippen LogP contribution in [0.1, 0.15) is 15.9 Å². The van der Waals surface area contributed by atoms with Crippen molar-refractivity contribution in [3.8, 4) is 11.5 Å². The summed E-state index contributed by atoms with van der Waals surface area (Å²) in [6, 6.07) is 5.96. The maximum atomic E-state index is 12.2. The van der Waals surface area contributed by atoms with E-state index in [1.807, 2.05) is 0 Å². The number of carbonyl (C=O) groups excluding carboxylic acids is 2. The average Bonchev–Trinajstić information content (AvgIpc) is 2.64. The van der Waals surface area contributed by atoms with Gasteiger partial charge in [-0.1, -0.05) is 23.2 Å². The lowest BCUT2D eigenvalue weighted by atomic mass is 10.2. The molecule has 2 rings (SSSR count). The largest absolute Gasteiger partial charge is 0.496 e. The molecule has 0 radical (unpaired) electrons. The SMILES string of the molecule is COc1cc(Cl)c(C)cc1NC(=O)COC(=O)c1cc(Cl)c(N)cc1OC. The molecule has 0 spiro atoms. The molecule has 2 aromatic carbocycles. The van der Waals surface area contributed by atoms with E-state index < -0.39 is 18.5 Å². The van der Waals surface area contributed by atoms with Crippen molar-refractivity contribution in [1.29, 1.82) is 0 Å². The normalized spacial score (nSPS) is 10.3. The molecular formula is C18H18Cl2N2O5. The fourth-order valence-electron chi connectivity index (χ4n) is 2.22. The number of nitrogens with two attached hydrogens (primary N) is 1. The number of amides is 1. The van der Waals surface area contributed by atoms with Crippen molar-refractivity contribution < 1.29 is 23.8 Å².